The first-order valence-corrected chi connectivity index (χ1v) is 11.8. The van der Waals surface area contributed by atoms with E-state index in [-0.39, 0.29) is 26.4 Å². The maximum absolute atomic E-state index is 12.2. The molecular formula is C22H32O3S2. The Bertz CT molecular complexity index is 679. The predicted molar refractivity (Wildman–Crippen MR) is 116 cm³/mol. The fourth-order valence-corrected chi connectivity index (χ4v) is 6.49. The second-order valence-electron chi connectivity index (χ2n) is 8.66. The van der Waals surface area contributed by atoms with E-state index in [9.17, 15) is 14.4 Å². The minimum absolute atomic E-state index is 0.0821. The quantitative estimate of drug-likeness (QED) is 0.393. The summed E-state index contributed by atoms with van der Waals surface area (Å²) in [6.45, 7) is 10.5. The average Bonchev–Trinajstić information content (AvgIpc) is 3.12. The first kappa shape index (κ1) is 22.5. The minimum Gasteiger partial charge on any atom is -0.303 e. The largest absolute Gasteiger partial charge is 0.303 e. The number of carbonyl (C=O) groups excluding carboxylic acids is 3. The van der Waals surface area contributed by atoms with Gasteiger partial charge in [0.05, 0.1) is 0 Å². The van der Waals surface area contributed by atoms with Gasteiger partial charge in [-0.2, -0.15) is 0 Å². The van der Waals surface area contributed by atoms with Gasteiger partial charge in [-0.1, -0.05) is 68.4 Å². The summed E-state index contributed by atoms with van der Waals surface area (Å²) in [5.41, 5.74) is 3.02. The molecule has 0 aromatic carbocycles. The molecule has 5 heteroatoms. The van der Waals surface area contributed by atoms with Crippen molar-refractivity contribution < 1.29 is 14.4 Å². The Kier molecular flexibility index (Phi) is 7.23. The van der Waals surface area contributed by atoms with Crippen LogP contribution in [0.1, 0.15) is 60.3 Å². The highest BCUT2D eigenvalue weighted by atomic mass is 32.2. The molecule has 0 N–H and O–H groups in total. The summed E-state index contributed by atoms with van der Waals surface area (Å²) in [4.78, 5) is 35.7. The molecule has 0 amide bonds. The third kappa shape index (κ3) is 4.45. The lowest BCUT2D eigenvalue weighted by Gasteiger charge is -2.32. The summed E-state index contributed by atoms with van der Waals surface area (Å²) < 4.78 is -0.201. The van der Waals surface area contributed by atoms with Crippen LogP contribution in [0.5, 0.6) is 0 Å². The molecular weight excluding hydrogens is 376 g/mol. The van der Waals surface area contributed by atoms with Gasteiger partial charge in [0.1, 0.15) is 12.6 Å². The maximum Gasteiger partial charge on any atom is 0.246 e. The van der Waals surface area contributed by atoms with E-state index in [1.54, 1.807) is 0 Å². The van der Waals surface area contributed by atoms with Gasteiger partial charge in [-0.15, -0.1) is 0 Å². The molecule has 2 aliphatic rings. The van der Waals surface area contributed by atoms with Crippen LogP contribution in [0, 0.1) is 23.2 Å². The molecule has 27 heavy (non-hydrogen) atoms. The molecule has 0 saturated heterocycles. The highest BCUT2D eigenvalue weighted by Crippen LogP contribution is 2.55. The predicted octanol–water partition coefficient (Wildman–Crippen LogP) is 6.08. The third-order valence-electron chi connectivity index (χ3n) is 6.43. The zero-order valence-corrected chi connectivity index (χ0v) is 19.0. The van der Waals surface area contributed by atoms with Crippen molar-refractivity contribution in [2.75, 3.05) is 6.26 Å². The van der Waals surface area contributed by atoms with Gasteiger partial charge in [-0.05, 0) is 50.7 Å². The molecule has 2 aliphatic carbocycles. The monoisotopic (exact) mass is 408 g/mol. The number of allylic oxidation sites excluding steroid dienone is 3. The number of rotatable bonds is 6. The topological polar surface area (TPSA) is 51.2 Å². The third-order valence-corrected chi connectivity index (χ3v) is 8.57. The lowest BCUT2D eigenvalue weighted by atomic mass is 9.77. The number of thioether (sulfide) groups is 2. The molecule has 0 heterocycles. The first-order chi connectivity index (χ1) is 12.6. The van der Waals surface area contributed by atoms with E-state index in [0.717, 1.165) is 43.8 Å². The standard InChI is InChI=1S/C22H32O3S2/c1-14(2)16-7-9-21(4,19(16)13-24)11-18-17(15(3)12-23)8-10-22(18,5)27-20(25)26-6/h11-15,17H,7-10H2,1-6H3/b18-11+/t15-,17-,21+,22+/m0/s1. The molecule has 0 aliphatic heterocycles. The van der Waals surface area contributed by atoms with Crippen LogP contribution >= 0.6 is 23.5 Å². The van der Waals surface area contributed by atoms with E-state index in [2.05, 4.69) is 33.8 Å². The molecule has 1 saturated carbocycles. The zero-order valence-electron chi connectivity index (χ0n) is 17.3. The first-order valence-electron chi connectivity index (χ1n) is 9.76. The van der Waals surface area contributed by atoms with Gasteiger partial charge < -0.3 is 4.79 Å². The smallest absolute Gasteiger partial charge is 0.246 e. The van der Waals surface area contributed by atoms with Crippen molar-refractivity contribution in [2.45, 2.75) is 65.0 Å². The van der Waals surface area contributed by atoms with Crippen LogP contribution in [-0.4, -0.2) is 28.0 Å². The summed E-state index contributed by atoms with van der Waals surface area (Å²) in [6, 6.07) is 0. The van der Waals surface area contributed by atoms with Gasteiger partial charge in [0, 0.05) is 21.7 Å². The molecule has 4 atom stereocenters. The molecule has 0 spiro atoms. The summed E-state index contributed by atoms with van der Waals surface area (Å²) >= 11 is 2.62. The molecule has 0 unspecified atom stereocenters. The second-order valence-corrected chi connectivity index (χ2v) is 11.2. The molecule has 0 bridgehead atoms. The Labute approximate surface area is 172 Å². The molecule has 2 rings (SSSR count). The fourth-order valence-electron chi connectivity index (χ4n) is 4.69. The van der Waals surface area contributed by atoms with E-state index in [1.807, 2.05) is 13.2 Å². The lowest BCUT2D eigenvalue weighted by molar-refractivity contribution is -0.111. The average molecular weight is 409 g/mol. The van der Waals surface area contributed by atoms with E-state index >= 15 is 0 Å². The highest BCUT2D eigenvalue weighted by molar-refractivity contribution is 8.38. The SMILES string of the molecule is CSC(=O)S[C@]1(C)CC[C@@H]([C@@H](C)C=O)/C1=C\[C@@]1(C)CCC(C(C)C)=C1C=O. The molecule has 0 radical (unpaired) electrons. The normalized spacial score (nSPS) is 33.7. The minimum atomic E-state index is -0.313. The molecule has 0 aromatic heterocycles. The van der Waals surface area contributed by atoms with Gasteiger partial charge in [0.15, 0.2) is 0 Å². The molecule has 3 nitrogen and oxygen atoms in total. The Balaban J connectivity index is 2.54. The number of carbonyl (C=O) groups is 3. The van der Waals surface area contributed by atoms with Gasteiger partial charge in [-0.3, -0.25) is 9.59 Å². The van der Waals surface area contributed by atoms with Crippen LogP contribution in [0.15, 0.2) is 22.8 Å². The van der Waals surface area contributed by atoms with Crippen molar-refractivity contribution in [3.8, 4) is 0 Å². The summed E-state index contributed by atoms with van der Waals surface area (Å²) in [5, 5.41) is 0. The van der Waals surface area contributed by atoms with Crippen LogP contribution in [0.25, 0.3) is 0 Å². The number of hydrogen-bond donors (Lipinski definition) is 0. The van der Waals surface area contributed by atoms with Crippen LogP contribution < -0.4 is 0 Å². The molecule has 150 valence electrons. The Hall–Kier alpha value is -0.810. The maximum atomic E-state index is 12.2. The Morgan fingerprint density at radius 3 is 2.37 bits per heavy atom. The van der Waals surface area contributed by atoms with Gasteiger partial charge in [-0.25, -0.2) is 0 Å². The van der Waals surface area contributed by atoms with E-state index in [4.69, 9.17) is 0 Å². The summed E-state index contributed by atoms with van der Waals surface area (Å²) in [7, 11) is 0. The lowest BCUT2D eigenvalue weighted by Crippen LogP contribution is -2.26. The summed E-state index contributed by atoms with van der Waals surface area (Å²) in [5.74, 6) is 0.418. The van der Waals surface area contributed by atoms with Gasteiger partial charge in [0.2, 0.25) is 4.45 Å². The van der Waals surface area contributed by atoms with Crippen LogP contribution in [-0.2, 0) is 9.59 Å². The van der Waals surface area contributed by atoms with Crippen LogP contribution in [0.3, 0.4) is 0 Å². The van der Waals surface area contributed by atoms with Gasteiger partial charge >= 0.3 is 0 Å². The van der Waals surface area contributed by atoms with Gasteiger partial charge in [0.25, 0.3) is 0 Å². The molecule has 1 fully saturated rings. The Morgan fingerprint density at radius 2 is 1.85 bits per heavy atom. The fraction of sp³-hybridized carbons (Fsp3) is 0.682. The van der Waals surface area contributed by atoms with Crippen LogP contribution in [0.4, 0.5) is 4.79 Å². The van der Waals surface area contributed by atoms with Crippen molar-refractivity contribution in [1.82, 2.24) is 0 Å². The van der Waals surface area contributed by atoms with Crippen molar-refractivity contribution in [2.24, 2.45) is 23.2 Å². The summed E-state index contributed by atoms with van der Waals surface area (Å²) in [6.07, 6.45) is 9.76. The van der Waals surface area contributed by atoms with Crippen molar-refractivity contribution >= 4 is 40.5 Å². The number of hydrogen-bond acceptors (Lipinski definition) is 5. The second kappa shape index (κ2) is 8.69. The molecule has 0 aromatic rings. The highest BCUT2D eigenvalue weighted by Gasteiger charge is 2.46. The van der Waals surface area contributed by atoms with Crippen molar-refractivity contribution in [1.29, 1.82) is 0 Å². The van der Waals surface area contributed by atoms with E-state index in [1.165, 1.54) is 34.7 Å². The van der Waals surface area contributed by atoms with Crippen LogP contribution in [0.2, 0.25) is 0 Å². The van der Waals surface area contributed by atoms with E-state index in [0.29, 0.717) is 5.92 Å². The Morgan fingerprint density at radius 1 is 1.19 bits per heavy atom. The van der Waals surface area contributed by atoms with Crippen molar-refractivity contribution in [3.63, 3.8) is 0 Å². The van der Waals surface area contributed by atoms with Crippen molar-refractivity contribution in [3.05, 3.63) is 22.8 Å². The number of aldehydes is 2. The zero-order chi connectivity index (χ0) is 20.4. The van der Waals surface area contributed by atoms with E-state index < -0.39 is 0 Å².